The zero-order valence-corrected chi connectivity index (χ0v) is 10.1. The maximum absolute atomic E-state index is 9.93. The quantitative estimate of drug-likeness (QED) is 0.875. The highest BCUT2D eigenvalue weighted by atomic mass is 79.9. The van der Waals surface area contributed by atoms with Gasteiger partial charge in [0.2, 0.25) is 0 Å². The van der Waals surface area contributed by atoms with Crippen molar-refractivity contribution in [3.63, 3.8) is 0 Å². The number of aliphatic hydroxyl groups is 1. The smallest absolute Gasteiger partial charge is 0.0818 e. The van der Waals surface area contributed by atoms with Crippen LogP contribution in [0.3, 0.4) is 0 Å². The number of hydrogen-bond acceptors (Lipinski definition) is 2. The van der Waals surface area contributed by atoms with E-state index >= 15 is 0 Å². The second kappa shape index (κ2) is 4.43. The summed E-state index contributed by atoms with van der Waals surface area (Å²) >= 11 is 3.40. The van der Waals surface area contributed by atoms with E-state index in [1.165, 1.54) is 0 Å². The molecule has 1 aromatic rings. The molecule has 0 radical (unpaired) electrons. The highest BCUT2D eigenvalue weighted by molar-refractivity contribution is 9.10. The van der Waals surface area contributed by atoms with E-state index in [1.807, 2.05) is 38.1 Å². The van der Waals surface area contributed by atoms with Crippen molar-refractivity contribution in [3.05, 3.63) is 34.3 Å². The molecular formula is C11H16BrNO. The lowest BCUT2D eigenvalue weighted by atomic mass is 9.94. The van der Waals surface area contributed by atoms with E-state index < -0.39 is 6.10 Å². The Hall–Kier alpha value is -0.380. The van der Waals surface area contributed by atoms with Gasteiger partial charge < -0.3 is 10.8 Å². The molecule has 3 heteroatoms. The molecule has 0 heterocycles. The van der Waals surface area contributed by atoms with E-state index in [-0.39, 0.29) is 5.54 Å². The van der Waals surface area contributed by atoms with Gasteiger partial charge >= 0.3 is 0 Å². The first-order chi connectivity index (χ1) is 6.40. The van der Waals surface area contributed by atoms with Gasteiger partial charge in [0.15, 0.2) is 0 Å². The van der Waals surface area contributed by atoms with Crippen molar-refractivity contribution in [2.75, 3.05) is 0 Å². The van der Waals surface area contributed by atoms with E-state index in [9.17, 15) is 5.11 Å². The topological polar surface area (TPSA) is 46.2 Å². The predicted molar refractivity (Wildman–Crippen MR) is 62.0 cm³/mol. The van der Waals surface area contributed by atoms with Gasteiger partial charge in [0.25, 0.3) is 0 Å². The lowest BCUT2D eigenvalue weighted by Gasteiger charge is -2.23. The molecule has 3 N–H and O–H groups in total. The number of rotatable bonds is 3. The van der Waals surface area contributed by atoms with Crippen LogP contribution in [0.15, 0.2) is 28.7 Å². The Labute approximate surface area is 93.3 Å². The average molecular weight is 258 g/mol. The minimum Gasteiger partial charge on any atom is -0.388 e. The van der Waals surface area contributed by atoms with Crippen LogP contribution in [0, 0.1) is 0 Å². The lowest BCUT2D eigenvalue weighted by molar-refractivity contribution is 0.141. The Kier molecular flexibility index (Phi) is 3.70. The maximum atomic E-state index is 9.93. The van der Waals surface area contributed by atoms with Gasteiger partial charge in [-0.25, -0.2) is 0 Å². The van der Waals surface area contributed by atoms with Crippen molar-refractivity contribution in [1.29, 1.82) is 0 Å². The van der Waals surface area contributed by atoms with Gasteiger partial charge in [0, 0.05) is 10.0 Å². The highest BCUT2D eigenvalue weighted by Crippen LogP contribution is 2.27. The Morgan fingerprint density at radius 3 is 2.50 bits per heavy atom. The molecule has 1 unspecified atom stereocenters. The van der Waals surface area contributed by atoms with Crippen molar-refractivity contribution in [2.45, 2.75) is 31.9 Å². The van der Waals surface area contributed by atoms with Crippen LogP contribution in [0.2, 0.25) is 0 Å². The Morgan fingerprint density at radius 2 is 2.00 bits per heavy atom. The van der Waals surface area contributed by atoms with Crippen LogP contribution in [0.1, 0.15) is 31.9 Å². The largest absolute Gasteiger partial charge is 0.388 e. The predicted octanol–water partition coefficient (Wildman–Crippen LogP) is 2.61. The number of benzene rings is 1. The van der Waals surface area contributed by atoms with Gasteiger partial charge in [-0.15, -0.1) is 0 Å². The minimum absolute atomic E-state index is 0.352. The molecule has 0 aliphatic carbocycles. The van der Waals surface area contributed by atoms with Crippen LogP contribution < -0.4 is 5.73 Å². The summed E-state index contributed by atoms with van der Waals surface area (Å²) in [5.41, 5.74) is 6.39. The van der Waals surface area contributed by atoms with Gasteiger partial charge in [-0.3, -0.25) is 0 Å². The SMILES string of the molecule is CC(C)(N)CC(O)c1ccccc1Br. The highest BCUT2D eigenvalue weighted by Gasteiger charge is 2.19. The van der Waals surface area contributed by atoms with E-state index in [1.54, 1.807) is 0 Å². The third kappa shape index (κ3) is 3.40. The molecule has 1 rings (SSSR count). The van der Waals surface area contributed by atoms with Gasteiger partial charge in [-0.2, -0.15) is 0 Å². The second-order valence-corrected chi connectivity index (χ2v) is 5.08. The van der Waals surface area contributed by atoms with Crippen LogP contribution >= 0.6 is 15.9 Å². The second-order valence-electron chi connectivity index (χ2n) is 4.23. The summed E-state index contributed by atoms with van der Waals surface area (Å²) in [5, 5.41) is 9.93. The number of nitrogens with two attached hydrogens (primary N) is 1. The van der Waals surface area contributed by atoms with E-state index in [2.05, 4.69) is 15.9 Å². The molecule has 78 valence electrons. The molecule has 0 saturated carbocycles. The van der Waals surface area contributed by atoms with Gasteiger partial charge in [0.05, 0.1) is 6.10 Å². The van der Waals surface area contributed by atoms with E-state index in [0.29, 0.717) is 6.42 Å². The Bertz CT molecular complexity index is 306. The minimum atomic E-state index is -0.509. The van der Waals surface area contributed by atoms with Crippen molar-refractivity contribution in [1.82, 2.24) is 0 Å². The molecule has 0 aliphatic rings. The summed E-state index contributed by atoms with van der Waals surface area (Å²) < 4.78 is 0.928. The normalized spacial score (nSPS) is 14.1. The maximum Gasteiger partial charge on any atom is 0.0818 e. The molecular weight excluding hydrogens is 242 g/mol. The van der Waals surface area contributed by atoms with Crippen molar-refractivity contribution in [3.8, 4) is 0 Å². The standard InChI is InChI=1S/C11H16BrNO/c1-11(2,13)7-10(14)8-5-3-4-6-9(8)12/h3-6,10,14H,7,13H2,1-2H3. The third-order valence-corrected chi connectivity index (χ3v) is 2.71. The van der Waals surface area contributed by atoms with Crippen LogP contribution in [0.25, 0.3) is 0 Å². The number of halogens is 1. The summed E-state index contributed by atoms with van der Waals surface area (Å²) in [5.74, 6) is 0. The van der Waals surface area contributed by atoms with Gasteiger partial charge in [0.1, 0.15) is 0 Å². The molecule has 14 heavy (non-hydrogen) atoms. The average Bonchev–Trinajstić information content (AvgIpc) is 2.01. The lowest BCUT2D eigenvalue weighted by Crippen LogP contribution is -2.33. The molecule has 0 aliphatic heterocycles. The summed E-state index contributed by atoms with van der Waals surface area (Å²) in [7, 11) is 0. The van der Waals surface area contributed by atoms with Crippen LogP contribution in [0.4, 0.5) is 0 Å². The van der Waals surface area contributed by atoms with Crippen molar-refractivity contribution < 1.29 is 5.11 Å². The first kappa shape index (κ1) is 11.7. The summed E-state index contributed by atoms with van der Waals surface area (Å²) in [6.45, 7) is 3.82. The Morgan fingerprint density at radius 1 is 1.43 bits per heavy atom. The van der Waals surface area contributed by atoms with Crippen molar-refractivity contribution >= 4 is 15.9 Å². The summed E-state index contributed by atoms with van der Waals surface area (Å²) in [4.78, 5) is 0. The summed E-state index contributed by atoms with van der Waals surface area (Å²) in [6, 6.07) is 7.66. The molecule has 1 aromatic carbocycles. The fourth-order valence-electron chi connectivity index (χ4n) is 1.35. The zero-order chi connectivity index (χ0) is 10.8. The molecule has 0 saturated heterocycles. The van der Waals surface area contributed by atoms with Crippen LogP contribution in [-0.4, -0.2) is 10.6 Å². The van der Waals surface area contributed by atoms with E-state index in [0.717, 1.165) is 10.0 Å². The van der Waals surface area contributed by atoms with E-state index in [4.69, 9.17) is 5.73 Å². The first-order valence-corrected chi connectivity index (χ1v) is 5.41. The molecule has 1 atom stereocenters. The van der Waals surface area contributed by atoms with Crippen molar-refractivity contribution in [2.24, 2.45) is 5.73 Å². The fourth-order valence-corrected chi connectivity index (χ4v) is 1.90. The monoisotopic (exact) mass is 257 g/mol. The molecule has 0 fully saturated rings. The van der Waals surface area contributed by atoms with Gasteiger partial charge in [-0.05, 0) is 31.9 Å². The van der Waals surface area contributed by atoms with Crippen LogP contribution in [-0.2, 0) is 0 Å². The molecule has 0 bridgehead atoms. The fraction of sp³-hybridized carbons (Fsp3) is 0.455. The first-order valence-electron chi connectivity index (χ1n) is 4.61. The number of aliphatic hydroxyl groups excluding tert-OH is 1. The molecule has 2 nitrogen and oxygen atoms in total. The van der Waals surface area contributed by atoms with Crippen LogP contribution in [0.5, 0.6) is 0 Å². The molecule has 0 aromatic heterocycles. The molecule has 0 spiro atoms. The molecule has 0 amide bonds. The summed E-state index contributed by atoms with van der Waals surface area (Å²) in [6.07, 6.45) is 0.0425. The van der Waals surface area contributed by atoms with Gasteiger partial charge in [-0.1, -0.05) is 34.1 Å². The number of hydrogen-bond donors (Lipinski definition) is 2. The zero-order valence-electron chi connectivity index (χ0n) is 8.50. The Balaban J connectivity index is 2.80. The third-order valence-electron chi connectivity index (χ3n) is 1.98.